The largest absolute Gasteiger partial charge is 0.496 e. The van der Waals surface area contributed by atoms with E-state index in [-0.39, 0.29) is 17.9 Å². The molecular formula is C21H18BrNO3S. The second-order valence-electron chi connectivity index (χ2n) is 6.44. The molecule has 4 rings (SSSR count). The molecule has 0 aliphatic carbocycles. The molecule has 138 valence electrons. The number of methoxy groups -OCH3 is 1. The zero-order valence-electron chi connectivity index (χ0n) is 14.9. The second kappa shape index (κ2) is 7.02. The van der Waals surface area contributed by atoms with Crippen LogP contribution in [0.25, 0.3) is 11.1 Å². The first-order valence-corrected chi connectivity index (χ1v) is 10.1. The van der Waals surface area contributed by atoms with E-state index in [0.717, 1.165) is 42.4 Å². The minimum atomic E-state index is -0.370. The molecule has 3 aromatic rings. The minimum Gasteiger partial charge on any atom is -0.496 e. The summed E-state index contributed by atoms with van der Waals surface area (Å²) in [5.41, 5.74) is 9.38. The van der Waals surface area contributed by atoms with Gasteiger partial charge in [-0.2, -0.15) is 0 Å². The number of carbonyl (C=O) groups excluding carboxylic acids is 1. The summed E-state index contributed by atoms with van der Waals surface area (Å²) in [5.74, 6) is 0.826. The highest BCUT2D eigenvalue weighted by molar-refractivity contribution is 9.11. The summed E-state index contributed by atoms with van der Waals surface area (Å²) >= 11 is 5.16. The summed E-state index contributed by atoms with van der Waals surface area (Å²) < 4.78 is 13.0. The Hall–Kier alpha value is -2.31. The van der Waals surface area contributed by atoms with Gasteiger partial charge in [0.1, 0.15) is 11.5 Å². The van der Waals surface area contributed by atoms with Gasteiger partial charge in [0.15, 0.2) is 6.10 Å². The van der Waals surface area contributed by atoms with Gasteiger partial charge in [-0.1, -0.05) is 24.3 Å². The van der Waals surface area contributed by atoms with Crippen molar-refractivity contribution in [3.8, 4) is 22.6 Å². The predicted molar refractivity (Wildman–Crippen MR) is 111 cm³/mol. The Labute approximate surface area is 170 Å². The van der Waals surface area contributed by atoms with E-state index in [1.165, 1.54) is 0 Å². The zero-order chi connectivity index (χ0) is 19.1. The van der Waals surface area contributed by atoms with Gasteiger partial charge < -0.3 is 15.2 Å². The van der Waals surface area contributed by atoms with Crippen molar-refractivity contribution in [3.63, 3.8) is 0 Å². The number of halogens is 1. The van der Waals surface area contributed by atoms with Crippen LogP contribution in [0.3, 0.4) is 0 Å². The number of carbonyl (C=O) groups is 1. The third-order valence-electron chi connectivity index (χ3n) is 4.86. The number of hydrogen-bond donors (Lipinski definition) is 1. The highest BCUT2D eigenvalue weighted by atomic mass is 79.9. The normalized spacial score (nSPS) is 16.0. The average Bonchev–Trinajstić information content (AvgIpc) is 3.11. The monoisotopic (exact) mass is 443 g/mol. The molecule has 2 N–H and O–H groups in total. The molecule has 2 unspecified atom stereocenters. The third kappa shape index (κ3) is 3.13. The summed E-state index contributed by atoms with van der Waals surface area (Å²) in [6.45, 7) is 1.82. The lowest BCUT2D eigenvalue weighted by Gasteiger charge is -2.30. The van der Waals surface area contributed by atoms with Gasteiger partial charge in [0.05, 0.1) is 27.3 Å². The van der Waals surface area contributed by atoms with E-state index in [1.807, 2.05) is 49.4 Å². The molecule has 1 aliphatic rings. The molecule has 2 atom stereocenters. The van der Waals surface area contributed by atoms with Crippen molar-refractivity contribution in [2.24, 2.45) is 5.73 Å². The Morgan fingerprint density at radius 3 is 2.74 bits per heavy atom. The van der Waals surface area contributed by atoms with Crippen molar-refractivity contribution < 1.29 is 14.3 Å². The molecule has 2 aromatic carbocycles. The van der Waals surface area contributed by atoms with Gasteiger partial charge in [0, 0.05) is 5.56 Å². The first-order valence-electron chi connectivity index (χ1n) is 8.52. The van der Waals surface area contributed by atoms with E-state index in [2.05, 4.69) is 22.0 Å². The SMILES string of the molecule is COc1cccc2c1-c1ccc(C(C)C(N)=O)cc1C(c1ccc(Br)s1)O2. The molecule has 27 heavy (non-hydrogen) atoms. The molecule has 4 nitrogen and oxygen atoms in total. The van der Waals surface area contributed by atoms with Crippen molar-refractivity contribution >= 4 is 33.2 Å². The minimum absolute atomic E-state index is 0.254. The number of amides is 1. The topological polar surface area (TPSA) is 61.5 Å². The Morgan fingerprint density at radius 2 is 2.07 bits per heavy atom. The van der Waals surface area contributed by atoms with Crippen LogP contribution < -0.4 is 15.2 Å². The molecule has 0 saturated heterocycles. The highest BCUT2D eigenvalue weighted by Crippen LogP contribution is 2.50. The molecule has 0 bridgehead atoms. The van der Waals surface area contributed by atoms with Crippen molar-refractivity contribution in [1.29, 1.82) is 0 Å². The van der Waals surface area contributed by atoms with Crippen LogP contribution in [0, 0.1) is 0 Å². The van der Waals surface area contributed by atoms with E-state index < -0.39 is 0 Å². The summed E-state index contributed by atoms with van der Waals surface area (Å²) in [6.07, 6.45) is -0.254. The zero-order valence-corrected chi connectivity index (χ0v) is 17.3. The van der Waals surface area contributed by atoms with E-state index in [9.17, 15) is 4.79 Å². The van der Waals surface area contributed by atoms with Crippen molar-refractivity contribution in [1.82, 2.24) is 0 Å². The van der Waals surface area contributed by atoms with Gasteiger partial charge >= 0.3 is 0 Å². The van der Waals surface area contributed by atoms with Crippen LogP contribution in [-0.4, -0.2) is 13.0 Å². The highest BCUT2D eigenvalue weighted by Gasteiger charge is 2.31. The summed E-state index contributed by atoms with van der Waals surface area (Å²) in [7, 11) is 1.65. The van der Waals surface area contributed by atoms with Gasteiger partial charge in [0.2, 0.25) is 5.91 Å². The summed E-state index contributed by atoms with van der Waals surface area (Å²) in [6, 6.07) is 15.9. The quantitative estimate of drug-likeness (QED) is 0.598. The maximum Gasteiger partial charge on any atom is 0.224 e. The Bertz CT molecular complexity index is 1030. The molecule has 1 aliphatic heterocycles. The number of ether oxygens (including phenoxy) is 2. The number of nitrogens with two attached hydrogens (primary N) is 1. The maximum absolute atomic E-state index is 11.7. The molecule has 0 spiro atoms. The van der Waals surface area contributed by atoms with Gasteiger partial charge in [-0.3, -0.25) is 4.79 Å². The van der Waals surface area contributed by atoms with Gasteiger partial charge in [0.25, 0.3) is 0 Å². The first-order chi connectivity index (χ1) is 13.0. The number of thiophene rings is 1. The van der Waals surface area contributed by atoms with Crippen LogP contribution in [0.5, 0.6) is 11.5 Å². The lowest BCUT2D eigenvalue weighted by Crippen LogP contribution is -2.20. The van der Waals surface area contributed by atoms with Crippen LogP contribution in [0.4, 0.5) is 0 Å². The van der Waals surface area contributed by atoms with Gasteiger partial charge in [-0.05, 0) is 58.2 Å². The number of fused-ring (bicyclic) bond motifs is 3. The number of primary amides is 1. The van der Waals surface area contributed by atoms with Crippen LogP contribution >= 0.6 is 27.3 Å². The van der Waals surface area contributed by atoms with Crippen molar-refractivity contribution in [2.75, 3.05) is 7.11 Å². The maximum atomic E-state index is 11.7. The van der Waals surface area contributed by atoms with Crippen LogP contribution in [0.1, 0.15) is 34.9 Å². The molecule has 0 radical (unpaired) electrons. The van der Waals surface area contributed by atoms with E-state index >= 15 is 0 Å². The fourth-order valence-corrected chi connectivity index (χ4v) is 4.85. The van der Waals surface area contributed by atoms with Gasteiger partial charge in [-0.15, -0.1) is 11.3 Å². The average molecular weight is 444 g/mol. The lowest BCUT2D eigenvalue weighted by molar-refractivity contribution is -0.119. The fourth-order valence-electron chi connectivity index (χ4n) is 3.38. The molecular weight excluding hydrogens is 426 g/mol. The Balaban J connectivity index is 1.94. The lowest BCUT2D eigenvalue weighted by atomic mass is 9.87. The van der Waals surface area contributed by atoms with E-state index in [0.29, 0.717) is 0 Å². The summed E-state index contributed by atoms with van der Waals surface area (Å²) in [5, 5.41) is 0. The summed E-state index contributed by atoms with van der Waals surface area (Å²) in [4.78, 5) is 12.8. The predicted octanol–water partition coefficient (Wildman–Crippen LogP) is 5.26. The van der Waals surface area contributed by atoms with Crippen molar-refractivity contribution in [2.45, 2.75) is 18.9 Å². The van der Waals surface area contributed by atoms with E-state index in [4.69, 9.17) is 15.2 Å². The molecule has 2 heterocycles. The molecule has 0 saturated carbocycles. The first kappa shape index (κ1) is 18.1. The smallest absolute Gasteiger partial charge is 0.224 e. The molecule has 6 heteroatoms. The molecule has 0 fully saturated rings. The Morgan fingerprint density at radius 1 is 1.26 bits per heavy atom. The standard InChI is InChI=1S/C21H18BrNO3S/c1-11(21(23)24)12-6-7-13-14(10-12)20(17-8-9-18(22)27-17)26-16-5-3-4-15(25-2)19(13)16/h3-11,20H,1-2H3,(H2,23,24). The van der Waals surface area contributed by atoms with Crippen LogP contribution in [0.15, 0.2) is 52.3 Å². The molecule has 1 amide bonds. The van der Waals surface area contributed by atoms with Crippen LogP contribution in [-0.2, 0) is 4.79 Å². The second-order valence-corrected chi connectivity index (χ2v) is 8.94. The van der Waals surface area contributed by atoms with Gasteiger partial charge in [-0.25, -0.2) is 0 Å². The number of hydrogen-bond acceptors (Lipinski definition) is 4. The third-order valence-corrected chi connectivity index (χ3v) is 6.53. The number of rotatable bonds is 4. The van der Waals surface area contributed by atoms with Crippen LogP contribution in [0.2, 0.25) is 0 Å². The number of benzene rings is 2. The van der Waals surface area contributed by atoms with Crippen molar-refractivity contribution in [3.05, 3.63) is 68.3 Å². The molecule has 1 aromatic heterocycles. The Kier molecular flexibility index (Phi) is 4.70. The van der Waals surface area contributed by atoms with E-state index in [1.54, 1.807) is 18.4 Å². The fraction of sp³-hybridized carbons (Fsp3) is 0.190.